The number of carbonyl (C=O) groups is 1. The zero-order chi connectivity index (χ0) is 15.3. The Morgan fingerprint density at radius 2 is 2.23 bits per heavy atom. The number of fused-ring (bicyclic) bond motifs is 5. The Hall–Kier alpha value is -2.39. The van der Waals surface area contributed by atoms with Gasteiger partial charge in [-0.2, -0.15) is 5.26 Å². The predicted octanol–water partition coefficient (Wildman–Crippen LogP) is 1.20. The summed E-state index contributed by atoms with van der Waals surface area (Å²) in [6.45, 7) is 1.30. The van der Waals surface area contributed by atoms with E-state index in [9.17, 15) is 10.1 Å². The molecule has 0 amide bonds. The molecule has 4 rings (SSSR count). The number of hydrogen-bond donors (Lipinski definition) is 0. The number of benzene rings is 1. The highest BCUT2D eigenvalue weighted by molar-refractivity contribution is 5.95. The van der Waals surface area contributed by atoms with Gasteiger partial charge in [-0.3, -0.25) is 4.79 Å². The maximum Gasteiger partial charge on any atom is 0.304 e. The van der Waals surface area contributed by atoms with Crippen molar-refractivity contribution in [2.75, 3.05) is 0 Å². The van der Waals surface area contributed by atoms with E-state index in [4.69, 9.17) is 14.2 Å². The fourth-order valence-electron chi connectivity index (χ4n) is 3.49. The highest BCUT2D eigenvalue weighted by atomic mass is 16.6. The Labute approximate surface area is 127 Å². The van der Waals surface area contributed by atoms with Crippen molar-refractivity contribution in [2.24, 2.45) is 4.99 Å². The molecule has 5 atom stereocenters. The smallest absolute Gasteiger partial charge is 0.304 e. The van der Waals surface area contributed by atoms with Crippen LogP contribution >= 0.6 is 0 Å². The summed E-state index contributed by atoms with van der Waals surface area (Å²) in [5, 5.41) is 9.49. The Kier molecular flexibility index (Phi) is 2.75. The summed E-state index contributed by atoms with van der Waals surface area (Å²) in [6.07, 6.45) is -0.895. The molecule has 3 heterocycles. The number of aliphatic imine (C=N–C) groups is 1. The van der Waals surface area contributed by atoms with Gasteiger partial charge in [-0.15, -0.1) is 0 Å². The molecular weight excluding hydrogens is 284 g/mol. The van der Waals surface area contributed by atoms with Crippen LogP contribution in [0.4, 0.5) is 0 Å². The van der Waals surface area contributed by atoms with Gasteiger partial charge >= 0.3 is 5.97 Å². The van der Waals surface area contributed by atoms with Gasteiger partial charge in [-0.1, -0.05) is 18.2 Å². The minimum atomic E-state index is -1.26. The van der Waals surface area contributed by atoms with Crippen LogP contribution in [-0.2, 0) is 19.0 Å². The van der Waals surface area contributed by atoms with E-state index in [1.807, 2.05) is 30.3 Å². The van der Waals surface area contributed by atoms with Crippen molar-refractivity contribution >= 4 is 11.9 Å². The number of ether oxygens (including phenoxy) is 3. The number of nitriles is 1. The standard InChI is InChI=1S/C16H14N2O4/c1-9(19)22-16(8-17)7-11-12-13(14(16)20-11)21-15(18-12)10-5-3-2-4-6-10/h2-6,11-14H,7H2,1H3/t11-,12-,13-,14-,16+/m1/s1. The van der Waals surface area contributed by atoms with Crippen LogP contribution in [0.15, 0.2) is 35.3 Å². The molecule has 3 aliphatic rings. The minimum absolute atomic E-state index is 0.141. The van der Waals surface area contributed by atoms with Crippen molar-refractivity contribution in [2.45, 2.75) is 43.3 Å². The van der Waals surface area contributed by atoms with E-state index in [0.29, 0.717) is 12.3 Å². The topological polar surface area (TPSA) is 80.9 Å². The molecule has 0 aliphatic carbocycles. The third-order valence-electron chi connectivity index (χ3n) is 4.35. The number of nitrogens with zero attached hydrogens (tertiary/aromatic N) is 2. The Morgan fingerprint density at radius 3 is 2.91 bits per heavy atom. The maximum atomic E-state index is 11.3. The van der Waals surface area contributed by atoms with Crippen LogP contribution in [-0.4, -0.2) is 41.8 Å². The van der Waals surface area contributed by atoms with Gasteiger partial charge in [0.05, 0.1) is 6.10 Å². The third kappa shape index (κ3) is 1.76. The third-order valence-corrected chi connectivity index (χ3v) is 4.35. The van der Waals surface area contributed by atoms with Crippen LogP contribution in [0, 0.1) is 11.3 Å². The molecule has 0 spiro atoms. The van der Waals surface area contributed by atoms with Crippen molar-refractivity contribution in [1.29, 1.82) is 5.26 Å². The molecule has 0 unspecified atom stereocenters. The molecule has 1 aromatic carbocycles. The number of rotatable bonds is 2. The Bertz CT molecular complexity index is 696. The first-order chi connectivity index (χ1) is 10.6. The van der Waals surface area contributed by atoms with E-state index >= 15 is 0 Å². The van der Waals surface area contributed by atoms with Gasteiger partial charge in [0.2, 0.25) is 11.5 Å². The highest BCUT2D eigenvalue weighted by Gasteiger charge is 2.67. The van der Waals surface area contributed by atoms with E-state index in [1.165, 1.54) is 6.92 Å². The zero-order valence-electron chi connectivity index (χ0n) is 11.9. The second-order valence-electron chi connectivity index (χ2n) is 5.77. The summed E-state index contributed by atoms with van der Waals surface area (Å²) in [6, 6.07) is 11.6. The van der Waals surface area contributed by atoms with Crippen LogP contribution in [0.2, 0.25) is 0 Å². The molecule has 1 aromatic rings. The van der Waals surface area contributed by atoms with Crippen LogP contribution in [0.5, 0.6) is 0 Å². The van der Waals surface area contributed by atoms with Gasteiger partial charge in [-0.25, -0.2) is 4.99 Å². The molecule has 0 aromatic heterocycles. The molecule has 3 aliphatic heterocycles. The Morgan fingerprint density at radius 1 is 1.45 bits per heavy atom. The quantitative estimate of drug-likeness (QED) is 0.766. The van der Waals surface area contributed by atoms with Gasteiger partial charge in [0, 0.05) is 18.9 Å². The van der Waals surface area contributed by atoms with Crippen molar-refractivity contribution in [3.05, 3.63) is 35.9 Å². The van der Waals surface area contributed by atoms with Crippen LogP contribution in [0.25, 0.3) is 0 Å². The summed E-state index contributed by atoms with van der Waals surface area (Å²) in [7, 11) is 0. The van der Waals surface area contributed by atoms with Crippen LogP contribution in [0.1, 0.15) is 18.9 Å². The first kappa shape index (κ1) is 13.3. The molecule has 2 bridgehead atoms. The van der Waals surface area contributed by atoms with Gasteiger partial charge in [0.1, 0.15) is 12.1 Å². The lowest BCUT2D eigenvalue weighted by Gasteiger charge is -2.32. The molecule has 6 nitrogen and oxygen atoms in total. The number of hydrogen-bond acceptors (Lipinski definition) is 6. The first-order valence-electron chi connectivity index (χ1n) is 7.19. The molecule has 2 saturated heterocycles. The minimum Gasteiger partial charge on any atom is -0.469 e. The van der Waals surface area contributed by atoms with E-state index in [-0.39, 0.29) is 18.2 Å². The van der Waals surface area contributed by atoms with Gasteiger partial charge < -0.3 is 14.2 Å². The van der Waals surface area contributed by atoms with E-state index < -0.39 is 17.7 Å². The summed E-state index contributed by atoms with van der Waals surface area (Å²) >= 11 is 0. The van der Waals surface area contributed by atoms with E-state index in [2.05, 4.69) is 11.1 Å². The second kappa shape index (κ2) is 4.55. The molecule has 22 heavy (non-hydrogen) atoms. The zero-order valence-corrected chi connectivity index (χ0v) is 11.9. The summed E-state index contributed by atoms with van der Waals surface area (Å²) in [5.74, 6) is 0.0712. The highest BCUT2D eigenvalue weighted by Crippen LogP contribution is 2.48. The maximum absolute atomic E-state index is 11.3. The van der Waals surface area contributed by atoms with Crippen molar-refractivity contribution in [3.8, 4) is 6.07 Å². The van der Waals surface area contributed by atoms with Crippen LogP contribution in [0.3, 0.4) is 0 Å². The first-order valence-corrected chi connectivity index (χ1v) is 7.19. The SMILES string of the molecule is CC(=O)O[C@]1(C#N)C[C@H]2O[C@@H]1[C@@H]1OC(c3ccccc3)=N[C@@H]12. The Balaban J connectivity index is 1.62. The van der Waals surface area contributed by atoms with Crippen molar-refractivity contribution in [3.63, 3.8) is 0 Å². The van der Waals surface area contributed by atoms with Crippen LogP contribution < -0.4 is 0 Å². The summed E-state index contributed by atoms with van der Waals surface area (Å²) in [5.41, 5.74) is -0.370. The summed E-state index contributed by atoms with van der Waals surface area (Å²) in [4.78, 5) is 15.9. The van der Waals surface area contributed by atoms with Crippen molar-refractivity contribution in [1.82, 2.24) is 0 Å². The lowest BCUT2D eigenvalue weighted by Crippen LogP contribution is -2.52. The summed E-state index contributed by atoms with van der Waals surface area (Å²) < 4.78 is 17.0. The monoisotopic (exact) mass is 298 g/mol. The van der Waals surface area contributed by atoms with Gasteiger partial charge in [0.25, 0.3) is 0 Å². The second-order valence-corrected chi connectivity index (χ2v) is 5.77. The number of carbonyl (C=O) groups excluding carboxylic acids is 1. The van der Waals surface area contributed by atoms with Gasteiger partial charge in [0.15, 0.2) is 12.2 Å². The average Bonchev–Trinajstić information content (AvgIpc) is 3.17. The molecular formula is C16H14N2O4. The molecule has 112 valence electrons. The lowest BCUT2D eigenvalue weighted by molar-refractivity contribution is -0.158. The molecule has 6 heteroatoms. The normalized spacial score (nSPS) is 37.9. The fourth-order valence-corrected chi connectivity index (χ4v) is 3.49. The van der Waals surface area contributed by atoms with E-state index in [0.717, 1.165) is 5.56 Å². The van der Waals surface area contributed by atoms with E-state index in [1.54, 1.807) is 0 Å². The molecule has 2 fully saturated rings. The predicted molar refractivity (Wildman–Crippen MR) is 75.0 cm³/mol. The molecule has 0 saturated carbocycles. The fraction of sp³-hybridized carbons (Fsp3) is 0.438. The molecule has 0 radical (unpaired) electrons. The largest absolute Gasteiger partial charge is 0.469 e. The molecule has 0 N–H and O–H groups in total. The number of esters is 1. The average molecular weight is 298 g/mol. The lowest BCUT2D eigenvalue weighted by atomic mass is 9.81. The van der Waals surface area contributed by atoms with Gasteiger partial charge in [-0.05, 0) is 12.1 Å². The van der Waals surface area contributed by atoms with Crippen molar-refractivity contribution < 1.29 is 19.0 Å².